The molecule has 3 saturated heterocycles. The molecule has 0 bridgehead atoms. The van der Waals surface area contributed by atoms with E-state index in [9.17, 15) is 46.7 Å². The number of likely N-dealkylation sites (N-methyl/N-ethyl adjacent to an activating group) is 6. The van der Waals surface area contributed by atoms with E-state index in [1.807, 2.05) is 13.8 Å². The third kappa shape index (κ3) is 19.7. The van der Waals surface area contributed by atoms with Crippen molar-refractivity contribution < 1.29 is 70.7 Å². The quantitative estimate of drug-likeness (QED) is 0.238. The van der Waals surface area contributed by atoms with E-state index in [1.165, 1.54) is 79.8 Å². The number of halogens is 4. The molecule has 6 aliphatic rings. The number of aryl methyl sites for hydroxylation is 1. The number of hydrogen-bond acceptors (Lipinski definition) is 12. The lowest BCUT2D eigenvalue weighted by Crippen LogP contribution is -2.65. The summed E-state index contributed by atoms with van der Waals surface area (Å²) in [4.78, 5) is 190. The summed E-state index contributed by atoms with van der Waals surface area (Å²) in [6, 6.07) is -5.50. The molecule has 8 atom stereocenters. The Labute approximate surface area is 586 Å². The average molecular weight is 1410 g/mol. The Hall–Kier alpha value is -7.06. The average Bonchev–Trinajstić information content (AvgIpc) is 1.74. The van der Waals surface area contributed by atoms with Gasteiger partial charge < -0.3 is 60.0 Å². The van der Waals surface area contributed by atoms with E-state index < -0.39 is 167 Å². The van der Waals surface area contributed by atoms with Crippen molar-refractivity contribution in [3.8, 4) is 0 Å². The molecule has 1 unspecified atom stereocenters. The van der Waals surface area contributed by atoms with Crippen LogP contribution in [0.5, 0.6) is 0 Å². The highest BCUT2D eigenvalue weighted by Crippen LogP contribution is 2.39. The first-order valence-electron chi connectivity index (χ1n) is 36.0. The van der Waals surface area contributed by atoms with Crippen molar-refractivity contribution in [1.29, 1.82) is 0 Å². The highest BCUT2D eigenvalue weighted by molar-refractivity contribution is 6.31. The van der Waals surface area contributed by atoms with Gasteiger partial charge in [0.2, 0.25) is 70.9 Å². The first-order chi connectivity index (χ1) is 46.8. The Bertz CT molecular complexity index is 3080. The second kappa shape index (κ2) is 35.5. The number of benzene rings is 1. The van der Waals surface area contributed by atoms with Gasteiger partial charge in [0.1, 0.15) is 47.8 Å². The van der Waals surface area contributed by atoms with Gasteiger partial charge in [0, 0.05) is 68.5 Å². The number of alkyl halides is 3. The Morgan fingerprint density at radius 1 is 0.657 bits per heavy atom. The number of likely N-dealkylation sites (tertiary alicyclic amines) is 1. The number of amides is 12. The van der Waals surface area contributed by atoms with E-state index in [-0.39, 0.29) is 63.5 Å². The summed E-state index contributed by atoms with van der Waals surface area (Å²) in [6.07, 6.45) is 6.54. The standard InChI is InChI=1S/C71H108ClF3N12O12/c1-11-35-86-55(66(96)85-36-21-14-22-37-85)41-57(89)82(8)46(4)62(92)77-60(45(3)12-2)67(97)81(7)43-58(90)79(5)44-59(91)83(9)54(40-47-24-15-13-16-25-47)65(95)80(6)42-56(88)76-52(32-30-48-29-31-50(51(72)39-48)71(73,74)75)64(94)87-38-23-28-53(87)63(93)78-70(33-19-20-34-70)69(99)84(10)61(68(86)98)49-26-17-18-27-49/h29,31,39,45-47,49,52-55,60-61H,11-28,30,32-38,40-44H2,1-10H3,(H,76,88)(H,77,92)(H,78,93)/t45-,46-,52-,53?,54-,55-,60-,61-/m0/s1. The molecule has 28 heteroatoms. The van der Waals surface area contributed by atoms with Crippen LogP contribution < -0.4 is 16.0 Å². The molecule has 24 nitrogen and oxygen atoms in total. The van der Waals surface area contributed by atoms with Crippen molar-refractivity contribution in [3.63, 3.8) is 0 Å². The van der Waals surface area contributed by atoms with Crippen LogP contribution in [0.1, 0.15) is 187 Å². The second-order valence-corrected chi connectivity index (χ2v) is 29.3. The minimum atomic E-state index is -4.76. The van der Waals surface area contributed by atoms with Gasteiger partial charge in [-0.05, 0) is 126 Å². The van der Waals surface area contributed by atoms with E-state index in [0.29, 0.717) is 76.4 Å². The fourth-order valence-electron chi connectivity index (χ4n) is 15.4. The van der Waals surface area contributed by atoms with Crippen molar-refractivity contribution >= 4 is 82.5 Å². The Kier molecular flexibility index (Phi) is 28.4. The minimum absolute atomic E-state index is 0.0157. The predicted octanol–water partition coefficient (Wildman–Crippen LogP) is 5.79. The minimum Gasteiger partial charge on any atom is -0.343 e. The van der Waals surface area contributed by atoms with Crippen LogP contribution in [-0.4, -0.2) is 251 Å². The van der Waals surface area contributed by atoms with Crippen molar-refractivity contribution in [1.82, 2.24) is 60.0 Å². The van der Waals surface area contributed by atoms with Gasteiger partial charge in [-0.1, -0.05) is 103 Å². The maximum Gasteiger partial charge on any atom is 0.417 e. The molecule has 552 valence electrons. The third-order valence-corrected chi connectivity index (χ3v) is 22.2. The zero-order chi connectivity index (χ0) is 72.8. The lowest BCUT2D eigenvalue weighted by Gasteiger charge is -2.43. The Morgan fingerprint density at radius 2 is 1.27 bits per heavy atom. The number of hydrogen-bond donors (Lipinski definition) is 3. The second-order valence-electron chi connectivity index (χ2n) is 28.9. The molecule has 1 spiro atoms. The molecule has 99 heavy (non-hydrogen) atoms. The van der Waals surface area contributed by atoms with Crippen LogP contribution >= 0.6 is 11.6 Å². The molecule has 3 heterocycles. The van der Waals surface area contributed by atoms with Crippen LogP contribution in [0.4, 0.5) is 13.2 Å². The third-order valence-electron chi connectivity index (χ3n) is 21.9. The van der Waals surface area contributed by atoms with Crippen LogP contribution in [-0.2, 0) is 70.1 Å². The highest BCUT2D eigenvalue weighted by Gasteiger charge is 2.52. The maximum atomic E-state index is 16.0. The zero-order valence-electron chi connectivity index (χ0n) is 59.9. The highest BCUT2D eigenvalue weighted by atomic mass is 35.5. The summed E-state index contributed by atoms with van der Waals surface area (Å²) in [5, 5.41) is 8.11. The summed E-state index contributed by atoms with van der Waals surface area (Å²) in [5.74, 6) is -8.47. The molecule has 1 aromatic carbocycles. The number of fused-ring (bicyclic) bond motifs is 1. The van der Waals surface area contributed by atoms with Gasteiger partial charge in [0.05, 0.1) is 36.6 Å². The SMILES string of the molecule is CCCN1C(=O)[C@H](C2CCCC2)N(C)C(=O)C2(CCCC2)NC(=O)C2CCCN2C(=O)[C@H](CCc2ccc(C(F)(F)F)c(Cl)c2)NC(=O)CN(C)C(=O)[C@H](CC2CCCCC2)N(C)C(=O)CN(C)C(=O)CN(C)C(=O)[C@H]([C@@H](C)CC)NC(=O)[C@H](C)N(C)C(=O)C[C@H]1C(=O)N1CCCCC1. The maximum absolute atomic E-state index is 16.0. The molecule has 3 N–H and O–H groups in total. The number of nitrogens with one attached hydrogen (secondary N) is 3. The van der Waals surface area contributed by atoms with Gasteiger partial charge in [-0.15, -0.1) is 0 Å². The predicted molar refractivity (Wildman–Crippen MR) is 364 cm³/mol. The smallest absolute Gasteiger partial charge is 0.343 e. The van der Waals surface area contributed by atoms with E-state index >= 15 is 24.0 Å². The van der Waals surface area contributed by atoms with Crippen LogP contribution in [0.3, 0.4) is 0 Å². The van der Waals surface area contributed by atoms with Crippen LogP contribution in [0.15, 0.2) is 18.2 Å². The lowest BCUT2D eigenvalue weighted by molar-refractivity contribution is -0.158. The van der Waals surface area contributed by atoms with E-state index in [0.717, 1.165) is 78.2 Å². The molecule has 1 aromatic rings. The van der Waals surface area contributed by atoms with Gasteiger partial charge in [-0.2, -0.15) is 13.2 Å². The number of rotatable bonds is 11. The van der Waals surface area contributed by atoms with Gasteiger partial charge in [0.15, 0.2) is 0 Å². The summed E-state index contributed by atoms with van der Waals surface area (Å²) >= 11 is 6.16. The Morgan fingerprint density at radius 3 is 1.89 bits per heavy atom. The molecule has 3 aliphatic heterocycles. The van der Waals surface area contributed by atoms with E-state index in [1.54, 1.807) is 11.8 Å². The van der Waals surface area contributed by atoms with Crippen molar-refractivity contribution in [2.75, 3.05) is 88.1 Å². The van der Waals surface area contributed by atoms with Gasteiger partial charge in [-0.25, -0.2) is 0 Å². The lowest BCUT2D eigenvalue weighted by atomic mass is 9.84. The molecule has 0 aromatic heterocycles. The number of piperidine rings is 1. The summed E-state index contributed by atoms with van der Waals surface area (Å²) in [5.41, 5.74) is -2.33. The fourth-order valence-corrected chi connectivity index (χ4v) is 15.7. The van der Waals surface area contributed by atoms with E-state index in [2.05, 4.69) is 16.0 Å². The normalized spacial score (nSPS) is 26.9. The summed E-state index contributed by atoms with van der Waals surface area (Å²) < 4.78 is 41.6. The molecule has 12 amide bonds. The van der Waals surface area contributed by atoms with Gasteiger partial charge in [-0.3, -0.25) is 57.5 Å². The Balaban J connectivity index is 1.28. The van der Waals surface area contributed by atoms with Crippen molar-refractivity contribution in [2.24, 2.45) is 17.8 Å². The largest absolute Gasteiger partial charge is 0.417 e. The molecular formula is C71H108ClF3N12O12. The van der Waals surface area contributed by atoms with Gasteiger partial charge >= 0.3 is 6.18 Å². The summed E-state index contributed by atoms with van der Waals surface area (Å²) in [6.45, 7) is 6.05. The zero-order valence-corrected chi connectivity index (χ0v) is 60.6. The van der Waals surface area contributed by atoms with E-state index in [4.69, 9.17) is 11.6 Å². The summed E-state index contributed by atoms with van der Waals surface area (Å²) in [7, 11) is 8.51. The molecule has 3 saturated carbocycles. The first-order valence-corrected chi connectivity index (χ1v) is 36.4. The number of carbonyl (C=O) groups excluding carboxylic acids is 12. The number of carbonyl (C=O) groups is 12. The topological polar surface area (TPSA) is 270 Å². The first kappa shape index (κ1) is 79.3. The van der Waals surface area contributed by atoms with Crippen molar-refractivity contribution in [2.45, 2.75) is 236 Å². The van der Waals surface area contributed by atoms with Crippen LogP contribution in [0, 0.1) is 17.8 Å². The monoisotopic (exact) mass is 1410 g/mol. The molecule has 3 aliphatic carbocycles. The fraction of sp³-hybridized carbons (Fsp3) is 0.746. The molecular weight excluding hydrogens is 1310 g/mol. The van der Waals surface area contributed by atoms with Crippen LogP contribution in [0.2, 0.25) is 5.02 Å². The molecule has 6 fully saturated rings. The molecule has 7 rings (SSSR count). The van der Waals surface area contributed by atoms with Crippen molar-refractivity contribution in [3.05, 3.63) is 34.3 Å². The van der Waals surface area contributed by atoms with Gasteiger partial charge in [0.25, 0.3) is 0 Å². The van der Waals surface area contributed by atoms with Crippen LogP contribution in [0.25, 0.3) is 0 Å². The number of nitrogens with zero attached hydrogens (tertiary/aromatic N) is 9. The molecule has 0 radical (unpaired) electrons.